The number of aryl methyl sites for hydroxylation is 1. The fourth-order valence-electron chi connectivity index (χ4n) is 3.60. The van der Waals surface area contributed by atoms with Crippen LogP contribution >= 0.6 is 0 Å². The molecule has 0 aliphatic carbocycles. The molecule has 0 atom stereocenters. The first-order valence-electron chi connectivity index (χ1n) is 10.6. The Morgan fingerprint density at radius 1 is 1.12 bits per heavy atom. The van der Waals surface area contributed by atoms with Crippen molar-refractivity contribution in [2.24, 2.45) is 0 Å². The van der Waals surface area contributed by atoms with Crippen molar-refractivity contribution in [2.75, 3.05) is 32.7 Å². The van der Waals surface area contributed by atoms with E-state index in [4.69, 9.17) is 0 Å². The summed E-state index contributed by atoms with van der Waals surface area (Å²) in [6.45, 7) is 6.98. The number of nitrogens with one attached hydrogen (secondary N) is 1. The van der Waals surface area contributed by atoms with Gasteiger partial charge in [0.2, 0.25) is 11.3 Å². The van der Waals surface area contributed by atoms with Crippen molar-refractivity contribution in [3.63, 3.8) is 0 Å². The van der Waals surface area contributed by atoms with Crippen LogP contribution in [0.2, 0.25) is 0 Å². The minimum Gasteiger partial charge on any atom is -0.353 e. The van der Waals surface area contributed by atoms with Crippen LogP contribution in [0.1, 0.15) is 35.6 Å². The lowest BCUT2D eigenvalue weighted by atomic mass is 10.2. The summed E-state index contributed by atoms with van der Waals surface area (Å²) in [6, 6.07) is 5.75. The van der Waals surface area contributed by atoms with Gasteiger partial charge in [-0.05, 0) is 39.0 Å². The molecule has 11 heteroatoms. The van der Waals surface area contributed by atoms with E-state index in [1.54, 1.807) is 0 Å². The Balaban J connectivity index is 1.77. The summed E-state index contributed by atoms with van der Waals surface area (Å²) in [5.41, 5.74) is -1.41. The van der Waals surface area contributed by atoms with Gasteiger partial charge in [0.1, 0.15) is 0 Å². The molecule has 178 valence electrons. The summed E-state index contributed by atoms with van der Waals surface area (Å²) >= 11 is 0. The number of carbonyl (C=O) groups is 2. The number of nitrogens with zero attached hydrogens (tertiary/aromatic N) is 4. The molecular formula is C22H26F3N5O3. The molecule has 0 unspecified atom stereocenters. The average Bonchev–Trinajstić information content (AvgIpc) is 2.73. The maximum absolute atomic E-state index is 13.1. The van der Waals surface area contributed by atoms with E-state index in [0.29, 0.717) is 31.9 Å². The van der Waals surface area contributed by atoms with Crippen LogP contribution in [0, 0.1) is 6.92 Å². The molecular weight excluding hydrogens is 439 g/mol. The van der Waals surface area contributed by atoms with Crippen molar-refractivity contribution in [2.45, 2.75) is 33.0 Å². The minimum atomic E-state index is -4.53. The van der Waals surface area contributed by atoms with Crippen LogP contribution in [0.25, 0.3) is 5.69 Å². The highest BCUT2D eigenvalue weighted by atomic mass is 19.4. The van der Waals surface area contributed by atoms with E-state index in [-0.39, 0.29) is 29.9 Å². The minimum absolute atomic E-state index is 0.0342. The number of aromatic nitrogens is 2. The first-order chi connectivity index (χ1) is 15.5. The molecule has 1 saturated heterocycles. The molecule has 2 amide bonds. The Hall–Kier alpha value is -3.21. The molecule has 2 aromatic rings. The number of alkyl halides is 3. The molecule has 8 nitrogen and oxygen atoms in total. The van der Waals surface area contributed by atoms with E-state index in [2.05, 4.69) is 10.4 Å². The quantitative estimate of drug-likeness (QED) is 0.728. The molecule has 0 spiro atoms. The van der Waals surface area contributed by atoms with Gasteiger partial charge in [0.15, 0.2) is 5.69 Å². The Morgan fingerprint density at radius 2 is 1.79 bits per heavy atom. The highest BCUT2D eigenvalue weighted by molar-refractivity contribution is 5.92. The molecule has 0 radical (unpaired) electrons. The van der Waals surface area contributed by atoms with Gasteiger partial charge in [0, 0.05) is 44.0 Å². The van der Waals surface area contributed by atoms with Gasteiger partial charge in [0.05, 0.1) is 17.8 Å². The summed E-state index contributed by atoms with van der Waals surface area (Å²) in [5, 5.41) is 6.92. The number of benzene rings is 1. The Bertz CT molecular complexity index is 1090. The third-order valence-corrected chi connectivity index (χ3v) is 5.20. The van der Waals surface area contributed by atoms with E-state index < -0.39 is 23.1 Å². The molecule has 1 N–H and O–H groups in total. The molecule has 1 aromatic carbocycles. The Kier molecular flexibility index (Phi) is 7.21. The second-order valence-electron chi connectivity index (χ2n) is 8.25. The zero-order valence-electron chi connectivity index (χ0n) is 18.6. The van der Waals surface area contributed by atoms with Crippen molar-refractivity contribution < 1.29 is 22.8 Å². The SMILES string of the molecule is Cc1cc(=O)c(C(=O)N2CCN(CC(=O)NC(C)C)CC2)nn1-c1cccc(C(F)(F)F)c1. The number of halogens is 3. The van der Waals surface area contributed by atoms with E-state index >= 15 is 0 Å². The van der Waals surface area contributed by atoms with Crippen LogP contribution in [0.4, 0.5) is 13.2 Å². The third-order valence-electron chi connectivity index (χ3n) is 5.20. The van der Waals surface area contributed by atoms with Crippen molar-refractivity contribution in [3.8, 4) is 5.69 Å². The highest BCUT2D eigenvalue weighted by Crippen LogP contribution is 2.30. The van der Waals surface area contributed by atoms with Gasteiger partial charge in [0.25, 0.3) is 5.91 Å². The van der Waals surface area contributed by atoms with Gasteiger partial charge in [-0.3, -0.25) is 19.3 Å². The zero-order chi connectivity index (χ0) is 24.3. The topological polar surface area (TPSA) is 87.5 Å². The van der Waals surface area contributed by atoms with Crippen molar-refractivity contribution >= 4 is 11.8 Å². The normalized spacial score (nSPS) is 15.1. The number of carbonyl (C=O) groups excluding carboxylic acids is 2. The molecule has 0 bridgehead atoms. The second-order valence-corrected chi connectivity index (χ2v) is 8.25. The molecule has 3 rings (SSSR count). The number of rotatable bonds is 5. The Labute approximate surface area is 189 Å². The van der Waals surface area contributed by atoms with Crippen LogP contribution in [0.15, 0.2) is 35.1 Å². The van der Waals surface area contributed by atoms with Crippen LogP contribution in [0.5, 0.6) is 0 Å². The summed E-state index contributed by atoms with van der Waals surface area (Å²) in [7, 11) is 0. The van der Waals surface area contributed by atoms with Gasteiger partial charge in [-0.15, -0.1) is 0 Å². The number of amides is 2. The Morgan fingerprint density at radius 3 is 2.39 bits per heavy atom. The van der Waals surface area contributed by atoms with Crippen molar-refractivity contribution in [1.82, 2.24) is 24.9 Å². The lowest BCUT2D eigenvalue weighted by Gasteiger charge is -2.34. The fourth-order valence-corrected chi connectivity index (χ4v) is 3.60. The first-order valence-corrected chi connectivity index (χ1v) is 10.6. The predicted molar refractivity (Wildman–Crippen MR) is 115 cm³/mol. The molecule has 0 saturated carbocycles. The molecule has 33 heavy (non-hydrogen) atoms. The monoisotopic (exact) mass is 465 g/mol. The smallest absolute Gasteiger partial charge is 0.353 e. The van der Waals surface area contributed by atoms with Gasteiger partial charge in [-0.2, -0.15) is 18.3 Å². The van der Waals surface area contributed by atoms with E-state index in [1.165, 1.54) is 30.0 Å². The second kappa shape index (κ2) is 9.74. The largest absolute Gasteiger partial charge is 0.416 e. The molecule has 2 heterocycles. The number of hydrogen-bond acceptors (Lipinski definition) is 5. The molecule has 1 aliphatic rings. The summed E-state index contributed by atoms with van der Waals surface area (Å²) < 4.78 is 40.5. The summed E-state index contributed by atoms with van der Waals surface area (Å²) in [6.07, 6.45) is -4.53. The van der Waals surface area contributed by atoms with Gasteiger partial charge in [-0.25, -0.2) is 4.68 Å². The molecule has 1 aromatic heterocycles. The van der Waals surface area contributed by atoms with Gasteiger partial charge < -0.3 is 10.2 Å². The van der Waals surface area contributed by atoms with E-state index in [1.807, 2.05) is 18.7 Å². The first kappa shape index (κ1) is 24.4. The third kappa shape index (κ3) is 5.98. The zero-order valence-corrected chi connectivity index (χ0v) is 18.6. The van der Waals surface area contributed by atoms with Gasteiger partial charge >= 0.3 is 6.18 Å². The summed E-state index contributed by atoms with van der Waals surface area (Å²) in [4.78, 5) is 40.8. The van der Waals surface area contributed by atoms with Crippen LogP contribution < -0.4 is 10.7 Å². The average molecular weight is 465 g/mol. The predicted octanol–water partition coefficient (Wildman–Crippen LogP) is 1.84. The lowest BCUT2D eigenvalue weighted by molar-refractivity contribution is -0.137. The standard InChI is InChI=1S/C22H26F3N5O3/c1-14(2)26-19(32)13-28-7-9-29(10-8-28)21(33)20-18(31)11-15(3)30(27-20)17-6-4-5-16(12-17)22(23,24)25/h4-6,11-12,14H,7-10,13H2,1-3H3,(H,26,32). The van der Waals surface area contributed by atoms with Crippen LogP contribution in [-0.2, 0) is 11.0 Å². The molecule has 1 fully saturated rings. The van der Waals surface area contributed by atoms with E-state index in [9.17, 15) is 27.6 Å². The van der Waals surface area contributed by atoms with E-state index in [0.717, 1.165) is 16.8 Å². The maximum atomic E-state index is 13.1. The molecule has 1 aliphatic heterocycles. The number of hydrogen-bond donors (Lipinski definition) is 1. The van der Waals surface area contributed by atoms with Crippen LogP contribution in [0.3, 0.4) is 0 Å². The van der Waals surface area contributed by atoms with Crippen LogP contribution in [-0.4, -0.2) is 70.2 Å². The number of piperazine rings is 1. The fraction of sp³-hybridized carbons (Fsp3) is 0.455. The highest BCUT2D eigenvalue weighted by Gasteiger charge is 2.31. The summed E-state index contributed by atoms with van der Waals surface area (Å²) in [5.74, 6) is -0.694. The van der Waals surface area contributed by atoms with Gasteiger partial charge in [-0.1, -0.05) is 6.07 Å². The van der Waals surface area contributed by atoms with Crippen molar-refractivity contribution in [3.05, 3.63) is 57.5 Å². The maximum Gasteiger partial charge on any atom is 0.416 e. The van der Waals surface area contributed by atoms with Crippen molar-refractivity contribution in [1.29, 1.82) is 0 Å². The lowest BCUT2D eigenvalue weighted by Crippen LogP contribution is -2.52.